The van der Waals surface area contributed by atoms with E-state index < -0.39 is 0 Å². The van der Waals surface area contributed by atoms with Crippen LogP contribution in [-0.2, 0) is 6.54 Å². The topological polar surface area (TPSA) is 93.4 Å². The molecule has 0 bridgehead atoms. The lowest BCUT2D eigenvalue weighted by Crippen LogP contribution is -1.99. The van der Waals surface area contributed by atoms with Crippen LogP contribution in [0, 0.1) is 11.3 Å². The van der Waals surface area contributed by atoms with Crippen LogP contribution in [0.25, 0.3) is 11.2 Å². The number of hydrogen-bond acceptors (Lipinski definition) is 5. The molecule has 6 heteroatoms. The molecule has 70 valence electrons. The smallest absolute Gasteiger partial charge is 0.222 e. The average molecular weight is 188 g/mol. The molecule has 0 atom stereocenters. The number of rotatable bonds is 2. The van der Waals surface area contributed by atoms with Crippen molar-refractivity contribution in [2.45, 2.75) is 13.0 Å². The fourth-order valence-electron chi connectivity index (χ4n) is 1.20. The molecular weight excluding hydrogens is 180 g/mol. The first kappa shape index (κ1) is 8.44. The molecule has 0 aliphatic rings. The van der Waals surface area contributed by atoms with Gasteiger partial charge in [0.15, 0.2) is 5.65 Å². The number of aromatic nitrogens is 4. The quantitative estimate of drug-likeness (QED) is 0.732. The number of nitrogen functional groups attached to an aromatic ring is 1. The molecular formula is C8H8N6. The molecule has 2 rings (SSSR count). The van der Waals surface area contributed by atoms with Crippen molar-refractivity contribution in [3.05, 3.63) is 12.5 Å². The molecule has 0 aromatic carbocycles. The van der Waals surface area contributed by atoms with Crippen LogP contribution in [-0.4, -0.2) is 19.5 Å². The van der Waals surface area contributed by atoms with Crippen LogP contribution in [0.1, 0.15) is 6.42 Å². The fraction of sp³-hybridized carbons (Fsp3) is 0.250. The molecule has 0 radical (unpaired) electrons. The molecule has 14 heavy (non-hydrogen) atoms. The Labute approximate surface area is 80.0 Å². The summed E-state index contributed by atoms with van der Waals surface area (Å²) in [5.74, 6) is 0.219. The summed E-state index contributed by atoms with van der Waals surface area (Å²) in [6.45, 7) is 0.573. The minimum absolute atomic E-state index is 0.219. The van der Waals surface area contributed by atoms with E-state index in [0.717, 1.165) is 0 Å². The van der Waals surface area contributed by atoms with Crippen molar-refractivity contribution in [2.75, 3.05) is 5.73 Å². The summed E-state index contributed by atoms with van der Waals surface area (Å²) in [6.07, 6.45) is 3.63. The number of fused-ring (bicyclic) bond motifs is 1. The van der Waals surface area contributed by atoms with E-state index in [1.165, 1.54) is 0 Å². The maximum absolute atomic E-state index is 8.45. The van der Waals surface area contributed by atoms with E-state index >= 15 is 0 Å². The van der Waals surface area contributed by atoms with Gasteiger partial charge in [0.1, 0.15) is 5.52 Å². The van der Waals surface area contributed by atoms with Gasteiger partial charge in [-0.05, 0) is 0 Å². The monoisotopic (exact) mass is 188 g/mol. The van der Waals surface area contributed by atoms with E-state index in [-0.39, 0.29) is 5.95 Å². The lowest BCUT2D eigenvalue weighted by atomic mass is 10.4. The molecule has 2 aromatic heterocycles. The molecule has 0 saturated carbocycles. The summed E-state index contributed by atoms with van der Waals surface area (Å²) in [5, 5.41) is 8.45. The minimum atomic E-state index is 0.219. The van der Waals surface area contributed by atoms with Gasteiger partial charge in [0.2, 0.25) is 5.95 Å². The molecule has 0 aliphatic carbocycles. The van der Waals surface area contributed by atoms with Crippen molar-refractivity contribution in [1.29, 1.82) is 5.26 Å². The third-order valence-electron chi connectivity index (χ3n) is 1.84. The number of hydrogen-bond donors (Lipinski definition) is 1. The van der Waals surface area contributed by atoms with E-state index in [1.807, 2.05) is 0 Å². The van der Waals surface area contributed by atoms with Gasteiger partial charge in [0.25, 0.3) is 0 Å². The first-order chi connectivity index (χ1) is 6.81. The summed E-state index contributed by atoms with van der Waals surface area (Å²) in [5.41, 5.74) is 6.82. The summed E-state index contributed by atoms with van der Waals surface area (Å²) in [6, 6.07) is 2.06. The Balaban J connectivity index is 2.46. The molecule has 0 aliphatic heterocycles. The Morgan fingerprint density at radius 1 is 1.50 bits per heavy atom. The van der Waals surface area contributed by atoms with Gasteiger partial charge in [-0.3, -0.25) is 0 Å². The highest BCUT2D eigenvalue weighted by Gasteiger charge is 2.04. The zero-order valence-corrected chi connectivity index (χ0v) is 7.38. The summed E-state index contributed by atoms with van der Waals surface area (Å²) in [7, 11) is 0. The van der Waals surface area contributed by atoms with Gasteiger partial charge in [-0.15, -0.1) is 0 Å². The largest absolute Gasteiger partial charge is 0.368 e. The van der Waals surface area contributed by atoms with E-state index in [0.29, 0.717) is 24.1 Å². The van der Waals surface area contributed by atoms with Crippen LogP contribution in [0.2, 0.25) is 0 Å². The summed E-state index contributed by atoms with van der Waals surface area (Å²) < 4.78 is 1.79. The van der Waals surface area contributed by atoms with Gasteiger partial charge in [-0.1, -0.05) is 0 Å². The van der Waals surface area contributed by atoms with Crippen LogP contribution in [0.15, 0.2) is 12.5 Å². The zero-order chi connectivity index (χ0) is 9.97. The van der Waals surface area contributed by atoms with Crippen molar-refractivity contribution in [2.24, 2.45) is 0 Å². The van der Waals surface area contributed by atoms with Crippen LogP contribution < -0.4 is 5.73 Å². The highest BCUT2D eigenvalue weighted by molar-refractivity contribution is 5.70. The van der Waals surface area contributed by atoms with Crippen LogP contribution in [0.4, 0.5) is 5.95 Å². The second-order valence-corrected chi connectivity index (χ2v) is 2.78. The van der Waals surface area contributed by atoms with Crippen LogP contribution in [0.3, 0.4) is 0 Å². The average Bonchev–Trinajstić information content (AvgIpc) is 2.57. The number of nitriles is 1. The fourth-order valence-corrected chi connectivity index (χ4v) is 1.20. The molecule has 2 heterocycles. The van der Waals surface area contributed by atoms with Crippen molar-refractivity contribution < 1.29 is 0 Å². The third-order valence-corrected chi connectivity index (χ3v) is 1.84. The Hall–Kier alpha value is -2.16. The first-order valence-electron chi connectivity index (χ1n) is 4.11. The van der Waals surface area contributed by atoms with Gasteiger partial charge < -0.3 is 10.3 Å². The number of anilines is 1. The Morgan fingerprint density at radius 3 is 3.14 bits per heavy atom. The molecule has 0 spiro atoms. The molecule has 0 amide bonds. The molecule has 2 N–H and O–H groups in total. The van der Waals surface area contributed by atoms with Crippen molar-refractivity contribution >= 4 is 17.1 Å². The number of aryl methyl sites for hydroxylation is 1. The Kier molecular flexibility index (Phi) is 1.99. The van der Waals surface area contributed by atoms with Gasteiger partial charge in [-0.2, -0.15) is 10.2 Å². The van der Waals surface area contributed by atoms with Crippen molar-refractivity contribution in [3.8, 4) is 6.07 Å². The molecule has 6 nitrogen and oxygen atoms in total. The van der Waals surface area contributed by atoms with Crippen LogP contribution in [0.5, 0.6) is 0 Å². The van der Waals surface area contributed by atoms with Gasteiger partial charge in [0, 0.05) is 6.54 Å². The standard InChI is InChI=1S/C8H8N6/c9-2-1-3-14-5-12-6-4-11-8(10)13-7(6)14/h4-5H,1,3H2,(H2,10,11,13). The summed E-state index contributed by atoms with van der Waals surface area (Å²) in [4.78, 5) is 12.0. The molecule has 0 saturated heterocycles. The maximum Gasteiger partial charge on any atom is 0.222 e. The molecule has 2 aromatic rings. The van der Waals surface area contributed by atoms with Crippen molar-refractivity contribution in [3.63, 3.8) is 0 Å². The summed E-state index contributed by atoms with van der Waals surface area (Å²) >= 11 is 0. The van der Waals surface area contributed by atoms with E-state index in [2.05, 4.69) is 21.0 Å². The predicted molar refractivity (Wildman–Crippen MR) is 50.0 cm³/mol. The first-order valence-corrected chi connectivity index (χ1v) is 4.11. The lowest BCUT2D eigenvalue weighted by molar-refractivity contribution is 0.729. The lowest BCUT2D eigenvalue weighted by Gasteiger charge is -1.98. The minimum Gasteiger partial charge on any atom is -0.368 e. The van der Waals surface area contributed by atoms with Gasteiger partial charge >= 0.3 is 0 Å². The predicted octanol–water partition coefficient (Wildman–Crippen LogP) is 0.322. The van der Waals surface area contributed by atoms with Crippen LogP contribution >= 0.6 is 0 Å². The van der Waals surface area contributed by atoms with Gasteiger partial charge in [-0.25, -0.2) is 9.97 Å². The second-order valence-electron chi connectivity index (χ2n) is 2.78. The Bertz CT molecular complexity index is 494. The van der Waals surface area contributed by atoms with E-state index in [1.54, 1.807) is 17.1 Å². The normalized spacial score (nSPS) is 10.2. The SMILES string of the molecule is N#CCCn1cnc2cnc(N)nc21. The molecule has 0 unspecified atom stereocenters. The highest BCUT2D eigenvalue weighted by atomic mass is 15.1. The number of imidazole rings is 1. The number of nitrogens with two attached hydrogens (primary N) is 1. The highest BCUT2D eigenvalue weighted by Crippen LogP contribution is 2.09. The number of nitrogens with zero attached hydrogens (tertiary/aromatic N) is 5. The van der Waals surface area contributed by atoms with Crippen molar-refractivity contribution in [1.82, 2.24) is 19.5 Å². The second kappa shape index (κ2) is 3.30. The van der Waals surface area contributed by atoms with Gasteiger partial charge in [0.05, 0.1) is 25.0 Å². The third kappa shape index (κ3) is 1.35. The molecule has 0 fully saturated rings. The zero-order valence-electron chi connectivity index (χ0n) is 7.38. The van der Waals surface area contributed by atoms with E-state index in [9.17, 15) is 0 Å². The maximum atomic E-state index is 8.45. The van der Waals surface area contributed by atoms with E-state index in [4.69, 9.17) is 11.0 Å². The Morgan fingerprint density at radius 2 is 2.36 bits per heavy atom.